The molecule has 1 saturated carbocycles. The summed E-state index contributed by atoms with van der Waals surface area (Å²) in [6, 6.07) is 0. The molecule has 0 aliphatic heterocycles. The van der Waals surface area contributed by atoms with Crippen molar-refractivity contribution in [2.24, 2.45) is 17.3 Å². The van der Waals surface area contributed by atoms with E-state index in [2.05, 4.69) is 27.4 Å². The number of rotatable bonds is 8. The summed E-state index contributed by atoms with van der Waals surface area (Å²) in [5.41, 5.74) is 0.0576. The number of carbonyl (C=O) groups is 2. The van der Waals surface area contributed by atoms with Crippen molar-refractivity contribution >= 4 is 11.9 Å². The first-order valence-electron chi connectivity index (χ1n) is 7.33. The van der Waals surface area contributed by atoms with Crippen molar-refractivity contribution in [1.29, 1.82) is 0 Å². The molecule has 0 saturated heterocycles. The van der Waals surface area contributed by atoms with Crippen LogP contribution in [-0.2, 0) is 19.1 Å². The van der Waals surface area contributed by atoms with Gasteiger partial charge in [0.2, 0.25) is 0 Å². The standard InChI is InChI=1S/C16H26O4/c1-6-13-10-16(13,9-11(2)3)15(18)20-8-7-19-14(17)12(4)5/h11,13H,4,6-10H2,1-3,5H3. The first kappa shape index (κ1) is 16.7. The lowest BCUT2D eigenvalue weighted by Gasteiger charge is -2.18. The largest absolute Gasteiger partial charge is 0.462 e. The highest BCUT2D eigenvalue weighted by Crippen LogP contribution is 2.59. The van der Waals surface area contributed by atoms with Gasteiger partial charge in [-0.05, 0) is 31.6 Å². The summed E-state index contributed by atoms with van der Waals surface area (Å²) in [5.74, 6) is 0.330. The average molecular weight is 282 g/mol. The maximum atomic E-state index is 12.2. The minimum absolute atomic E-state index is 0.0893. The molecule has 1 aliphatic carbocycles. The minimum Gasteiger partial charge on any atom is -0.462 e. The Morgan fingerprint density at radius 2 is 1.90 bits per heavy atom. The van der Waals surface area contributed by atoms with Crippen LogP contribution in [0.25, 0.3) is 0 Å². The molecular weight excluding hydrogens is 256 g/mol. The number of esters is 2. The number of hydrogen-bond acceptors (Lipinski definition) is 4. The van der Waals surface area contributed by atoms with Crippen LogP contribution in [0, 0.1) is 17.3 Å². The van der Waals surface area contributed by atoms with Crippen LogP contribution >= 0.6 is 0 Å². The summed E-state index contributed by atoms with van der Waals surface area (Å²) < 4.78 is 10.2. The van der Waals surface area contributed by atoms with E-state index in [1.54, 1.807) is 6.92 Å². The predicted molar refractivity (Wildman–Crippen MR) is 77.0 cm³/mol. The van der Waals surface area contributed by atoms with E-state index >= 15 is 0 Å². The van der Waals surface area contributed by atoms with Gasteiger partial charge in [0, 0.05) is 5.57 Å². The quantitative estimate of drug-likeness (QED) is 0.390. The Hall–Kier alpha value is -1.32. The van der Waals surface area contributed by atoms with Gasteiger partial charge in [0.25, 0.3) is 0 Å². The SMILES string of the molecule is C=C(C)C(=O)OCCOC(=O)C1(CC(C)C)CC1CC. The second-order valence-electron chi connectivity index (χ2n) is 6.12. The molecule has 0 bridgehead atoms. The normalized spacial score (nSPS) is 24.4. The van der Waals surface area contributed by atoms with Crippen LogP contribution in [0.3, 0.4) is 0 Å². The summed E-state index contributed by atoms with van der Waals surface area (Å²) in [5, 5.41) is 0. The molecule has 2 atom stereocenters. The molecule has 4 heteroatoms. The van der Waals surface area contributed by atoms with E-state index < -0.39 is 5.97 Å². The van der Waals surface area contributed by atoms with E-state index in [-0.39, 0.29) is 24.6 Å². The van der Waals surface area contributed by atoms with Crippen LogP contribution in [-0.4, -0.2) is 25.2 Å². The molecule has 0 amide bonds. The lowest BCUT2D eigenvalue weighted by Crippen LogP contribution is -2.25. The monoisotopic (exact) mass is 282 g/mol. The van der Waals surface area contributed by atoms with Crippen molar-refractivity contribution in [2.45, 2.75) is 47.0 Å². The van der Waals surface area contributed by atoms with E-state index in [9.17, 15) is 9.59 Å². The minimum atomic E-state index is -0.448. The van der Waals surface area contributed by atoms with Gasteiger partial charge in [0.1, 0.15) is 13.2 Å². The predicted octanol–water partition coefficient (Wildman–Crippen LogP) is 3.11. The van der Waals surface area contributed by atoms with Crippen LogP contribution in [0.1, 0.15) is 47.0 Å². The van der Waals surface area contributed by atoms with Gasteiger partial charge in [-0.15, -0.1) is 0 Å². The highest BCUT2D eigenvalue weighted by atomic mass is 16.6. The fourth-order valence-corrected chi connectivity index (χ4v) is 2.76. The van der Waals surface area contributed by atoms with Gasteiger partial charge in [0.15, 0.2) is 0 Å². The average Bonchev–Trinajstić information content (AvgIpc) is 3.07. The van der Waals surface area contributed by atoms with Crippen molar-refractivity contribution in [2.75, 3.05) is 13.2 Å². The van der Waals surface area contributed by atoms with E-state index in [0.717, 1.165) is 19.3 Å². The molecule has 4 nitrogen and oxygen atoms in total. The fourth-order valence-electron chi connectivity index (χ4n) is 2.76. The second-order valence-corrected chi connectivity index (χ2v) is 6.12. The highest BCUT2D eigenvalue weighted by molar-refractivity contribution is 5.86. The molecule has 20 heavy (non-hydrogen) atoms. The Morgan fingerprint density at radius 1 is 1.30 bits per heavy atom. The molecule has 0 heterocycles. The summed E-state index contributed by atoms with van der Waals surface area (Å²) in [4.78, 5) is 23.4. The van der Waals surface area contributed by atoms with Gasteiger partial charge in [-0.2, -0.15) is 0 Å². The van der Waals surface area contributed by atoms with E-state index in [1.807, 2.05) is 0 Å². The zero-order valence-electron chi connectivity index (χ0n) is 13.0. The van der Waals surface area contributed by atoms with Gasteiger partial charge in [-0.25, -0.2) is 4.79 Å². The highest BCUT2D eigenvalue weighted by Gasteiger charge is 2.59. The fraction of sp³-hybridized carbons (Fsp3) is 0.750. The molecule has 0 aromatic carbocycles. The molecule has 114 valence electrons. The van der Waals surface area contributed by atoms with Gasteiger partial charge >= 0.3 is 11.9 Å². The Labute approximate surface area is 121 Å². The van der Waals surface area contributed by atoms with E-state index in [4.69, 9.17) is 9.47 Å². The molecule has 0 aromatic rings. The zero-order valence-corrected chi connectivity index (χ0v) is 13.0. The van der Waals surface area contributed by atoms with Crippen molar-refractivity contribution in [3.8, 4) is 0 Å². The van der Waals surface area contributed by atoms with Crippen molar-refractivity contribution in [3.05, 3.63) is 12.2 Å². The molecule has 0 spiro atoms. The van der Waals surface area contributed by atoms with Crippen LogP contribution in [0.4, 0.5) is 0 Å². The lowest BCUT2D eigenvalue weighted by molar-refractivity contribution is -0.156. The van der Waals surface area contributed by atoms with Crippen LogP contribution in [0.5, 0.6) is 0 Å². The lowest BCUT2D eigenvalue weighted by atomic mass is 9.91. The molecule has 1 rings (SSSR count). The Kier molecular flexibility index (Phi) is 5.78. The number of ether oxygens (including phenoxy) is 2. The zero-order chi connectivity index (χ0) is 15.3. The maximum Gasteiger partial charge on any atom is 0.333 e. The van der Waals surface area contributed by atoms with Gasteiger partial charge in [-0.1, -0.05) is 33.8 Å². The smallest absolute Gasteiger partial charge is 0.333 e. The molecule has 1 fully saturated rings. The number of hydrogen-bond donors (Lipinski definition) is 0. The summed E-state index contributed by atoms with van der Waals surface area (Å²) in [6.45, 7) is 11.6. The third-order valence-electron chi connectivity index (χ3n) is 3.80. The topological polar surface area (TPSA) is 52.6 Å². The van der Waals surface area contributed by atoms with Crippen molar-refractivity contribution in [3.63, 3.8) is 0 Å². The van der Waals surface area contributed by atoms with Gasteiger partial charge < -0.3 is 9.47 Å². The van der Waals surface area contributed by atoms with Crippen LogP contribution in [0.15, 0.2) is 12.2 Å². The second kappa shape index (κ2) is 6.91. The van der Waals surface area contributed by atoms with Crippen LogP contribution in [0.2, 0.25) is 0 Å². The molecule has 0 radical (unpaired) electrons. The molecule has 0 aromatic heterocycles. The first-order valence-corrected chi connectivity index (χ1v) is 7.33. The Morgan fingerprint density at radius 3 is 2.35 bits per heavy atom. The summed E-state index contributed by atoms with van der Waals surface area (Å²) in [6.07, 6.45) is 2.80. The Balaban J connectivity index is 2.38. The third kappa shape index (κ3) is 4.09. The molecular formula is C16H26O4. The van der Waals surface area contributed by atoms with Gasteiger partial charge in [-0.3, -0.25) is 4.79 Å². The summed E-state index contributed by atoms with van der Waals surface area (Å²) >= 11 is 0. The first-order chi connectivity index (χ1) is 9.33. The van der Waals surface area contributed by atoms with E-state index in [1.165, 1.54) is 0 Å². The maximum absolute atomic E-state index is 12.2. The molecule has 0 N–H and O–H groups in total. The molecule has 2 unspecified atom stereocenters. The van der Waals surface area contributed by atoms with Crippen LogP contribution < -0.4 is 0 Å². The Bertz CT molecular complexity index is 386. The third-order valence-corrected chi connectivity index (χ3v) is 3.80. The number of carbonyl (C=O) groups excluding carboxylic acids is 2. The molecule has 1 aliphatic rings. The van der Waals surface area contributed by atoms with Gasteiger partial charge in [0.05, 0.1) is 5.41 Å². The summed E-state index contributed by atoms with van der Waals surface area (Å²) in [7, 11) is 0. The van der Waals surface area contributed by atoms with Crippen molar-refractivity contribution < 1.29 is 19.1 Å². The van der Waals surface area contributed by atoms with Crippen molar-refractivity contribution in [1.82, 2.24) is 0 Å². The van der Waals surface area contributed by atoms with E-state index in [0.29, 0.717) is 17.4 Å².